The number of hydrogen-bond donors (Lipinski definition) is 2. The Morgan fingerprint density at radius 3 is 2.65 bits per heavy atom. The maximum absolute atomic E-state index is 11.5. The zero-order valence-corrected chi connectivity index (χ0v) is 14.6. The molecule has 1 aromatic carbocycles. The van der Waals surface area contributed by atoms with Gasteiger partial charge in [0.15, 0.2) is 0 Å². The Hall–Kier alpha value is -2.35. The SMILES string of the molecule is CCC(=O)NC(=Nc1nc(C)c2cc(Br)ccc2n1)NC(C)=O. The number of carbonyl (C=O) groups excluding carboxylic acids is 2. The number of aliphatic imine (C=N–C) groups is 1. The Balaban J connectivity index is 2.44. The maximum Gasteiger partial charge on any atom is 0.253 e. The van der Waals surface area contributed by atoms with Crippen molar-refractivity contribution < 1.29 is 9.59 Å². The molecule has 2 aromatic rings. The molecule has 0 fully saturated rings. The second-order valence-electron chi connectivity index (χ2n) is 4.81. The van der Waals surface area contributed by atoms with Gasteiger partial charge in [0.25, 0.3) is 5.95 Å². The highest BCUT2D eigenvalue weighted by atomic mass is 79.9. The number of aromatic nitrogens is 2. The minimum absolute atomic E-state index is 0.0141. The van der Waals surface area contributed by atoms with Crippen LogP contribution in [0.5, 0.6) is 0 Å². The second kappa shape index (κ2) is 7.28. The molecule has 23 heavy (non-hydrogen) atoms. The number of nitrogens with zero attached hydrogens (tertiary/aromatic N) is 3. The third-order valence-corrected chi connectivity index (χ3v) is 3.41. The van der Waals surface area contributed by atoms with Crippen molar-refractivity contribution in [3.63, 3.8) is 0 Å². The summed E-state index contributed by atoms with van der Waals surface area (Å²) in [5.74, 6) is -0.432. The average molecular weight is 378 g/mol. The molecule has 2 amide bonds. The molecule has 1 heterocycles. The average Bonchev–Trinajstić information content (AvgIpc) is 2.47. The van der Waals surface area contributed by atoms with Gasteiger partial charge in [-0.25, -0.2) is 9.97 Å². The van der Waals surface area contributed by atoms with Gasteiger partial charge in [0.05, 0.1) is 11.2 Å². The number of aryl methyl sites for hydroxylation is 1. The fraction of sp³-hybridized carbons (Fsp3) is 0.267. The number of nitrogens with one attached hydrogen (secondary N) is 2. The fourth-order valence-electron chi connectivity index (χ4n) is 1.86. The van der Waals surface area contributed by atoms with Gasteiger partial charge in [-0.2, -0.15) is 4.99 Å². The maximum atomic E-state index is 11.5. The van der Waals surface area contributed by atoms with E-state index in [0.29, 0.717) is 0 Å². The zero-order valence-electron chi connectivity index (χ0n) is 13.0. The van der Waals surface area contributed by atoms with Crippen LogP contribution >= 0.6 is 15.9 Å². The van der Waals surface area contributed by atoms with Gasteiger partial charge in [0, 0.05) is 23.2 Å². The van der Waals surface area contributed by atoms with Gasteiger partial charge in [0.1, 0.15) is 0 Å². The Morgan fingerprint density at radius 2 is 2.00 bits per heavy atom. The lowest BCUT2D eigenvalue weighted by molar-refractivity contribution is -0.119. The number of carbonyl (C=O) groups is 2. The lowest BCUT2D eigenvalue weighted by Crippen LogP contribution is -2.42. The lowest BCUT2D eigenvalue weighted by Gasteiger charge is -2.08. The number of benzene rings is 1. The molecule has 0 aliphatic carbocycles. The summed E-state index contributed by atoms with van der Waals surface area (Å²) < 4.78 is 0.932. The van der Waals surface area contributed by atoms with Crippen LogP contribution in [0.25, 0.3) is 10.9 Å². The van der Waals surface area contributed by atoms with Crippen molar-refractivity contribution in [2.75, 3.05) is 0 Å². The molecule has 0 unspecified atom stereocenters. The minimum Gasteiger partial charge on any atom is -0.296 e. The summed E-state index contributed by atoms with van der Waals surface area (Å²) in [4.78, 5) is 35.5. The first-order valence-corrected chi connectivity index (χ1v) is 7.78. The highest BCUT2D eigenvalue weighted by Crippen LogP contribution is 2.22. The van der Waals surface area contributed by atoms with Crippen LogP contribution in [0.2, 0.25) is 0 Å². The van der Waals surface area contributed by atoms with Crippen molar-refractivity contribution >= 4 is 50.6 Å². The van der Waals surface area contributed by atoms with E-state index in [1.807, 2.05) is 25.1 Å². The highest BCUT2D eigenvalue weighted by Gasteiger charge is 2.09. The van der Waals surface area contributed by atoms with E-state index in [2.05, 4.69) is 41.5 Å². The quantitative estimate of drug-likeness (QED) is 0.619. The lowest BCUT2D eigenvalue weighted by atomic mass is 10.2. The van der Waals surface area contributed by atoms with Crippen LogP contribution in [0.1, 0.15) is 26.0 Å². The van der Waals surface area contributed by atoms with E-state index in [9.17, 15) is 9.59 Å². The standard InChI is InChI=1S/C15H16BrN5O2/c1-4-13(23)20-15(18-9(3)22)21-14-17-8(2)11-7-10(16)5-6-12(11)19-14/h5-7H,4H2,1-3H3,(H2,17,18,19,20,21,22,23). The first-order valence-electron chi connectivity index (χ1n) is 6.99. The number of hydrogen-bond acceptors (Lipinski definition) is 5. The van der Waals surface area contributed by atoms with E-state index in [-0.39, 0.29) is 30.1 Å². The van der Waals surface area contributed by atoms with Crippen LogP contribution in [-0.2, 0) is 9.59 Å². The molecule has 2 rings (SSSR count). The summed E-state index contributed by atoms with van der Waals surface area (Å²) in [6.07, 6.45) is 0.268. The van der Waals surface area contributed by atoms with Gasteiger partial charge in [0.2, 0.25) is 17.8 Å². The molecular weight excluding hydrogens is 362 g/mol. The van der Waals surface area contributed by atoms with Crippen LogP contribution in [0.15, 0.2) is 27.7 Å². The van der Waals surface area contributed by atoms with Crippen LogP contribution < -0.4 is 10.6 Å². The largest absolute Gasteiger partial charge is 0.296 e. The predicted molar refractivity (Wildman–Crippen MR) is 91.3 cm³/mol. The smallest absolute Gasteiger partial charge is 0.253 e. The van der Waals surface area contributed by atoms with E-state index >= 15 is 0 Å². The van der Waals surface area contributed by atoms with Crippen LogP contribution in [-0.4, -0.2) is 27.7 Å². The molecule has 0 bridgehead atoms. The van der Waals surface area contributed by atoms with Gasteiger partial charge in [-0.3, -0.25) is 20.2 Å². The fourth-order valence-corrected chi connectivity index (χ4v) is 2.22. The predicted octanol–water partition coefficient (Wildman–Crippen LogP) is 2.35. The van der Waals surface area contributed by atoms with E-state index in [1.54, 1.807) is 6.92 Å². The molecule has 1 aromatic heterocycles. The number of fused-ring (bicyclic) bond motifs is 1. The van der Waals surface area contributed by atoms with E-state index in [4.69, 9.17) is 0 Å². The third-order valence-electron chi connectivity index (χ3n) is 2.92. The van der Waals surface area contributed by atoms with Gasteiger partial charge < -0.3 is 0 Å². The first-order chi connectivity index (χ1) is 10.9. The van der Waals surface area contributed by atoms with Crippen molar-refractivity contribution in [3.8, 4) is 0 Å². The number of guanidine groups is 1. The molecule has 0 aliphatic rings. The summed E-state index contributed by atoms with van der Waals surface area (Å²) in [7, 11) is 0. The van der Waals surface area contributed by atoms with Gasteiger partial charge in [-0.05, 0) is 25.1 Å². The van der Waals surface area contributed by atoms with Crippen molar-refractivity contribution in [3.05, 3.63) is 28.4 Å². The van der Waals surface area contributed by atoms with Crippen LogP contribution in [0, 0.1) is 6.92 Å². The summed E-state index contributed by atoms with van der Waals surface area (Å²) >= 11 is 3.41. The Bertz CT molecular complexity index is 804. The van der Waals surface area contributed by atoms with Crippen LogP contribution in [0.3, 0.4) is 0 Å². The summed E-state index contributed by atoms with van der Waals surface area (Å²) in [6, 6.07) is 5.64. The van der Waals surface area contributed by atoms with E-state index < -0.39 is 0 Å². The van der Waals surface area contributed by atoms with E-state index in [0.717, 1.165) is 21.1 Å². The molecule has 0 spiro atoms. The summed E-state index contributed by atoms with van der Waals surface area (Å²) in [5, 5.41) is 5.88. The minimum atomic E-state index is -0.346. The van der Waals surface area contributed by atoms with Crippen molar-refractivity contribution in [1.29, 1.82) is 0 Å². The summed E-state index contributed by atoms with van der Waals surface area (Å²) in [5.41, 5.74) is 1.47. The number of halogens is 1. The highest BCUT2D eigenvalue weighted by molar-refractivity contribution is 9.10. The van der Waals surface area contributed by atoms with Gasteiger partial charge in [-0.1, -0.05) is 22.9 Å². The van der Waals surface area contributed by atoms with Crippen molar-refractivity contribution in [2.24, 2.45) is 4.99 Å². The molecule has 8 heteroatoms. The monoisotopic (exact) mass is 377 g/mol. The molecule has 0 saturated heterocycles. The first kappa shape index (κ1) is 17.0. The Labute approximate surface area is 141 Å². The molecule has 7 nitrogen and oxygen atoms in total. The van der Waals surface area contributed by atoms with Crippen LogP contribution in [0.4, 0.5) is 5.95 Å². The zero-order chi connectivity index (χ0) is 17.0. The summed E-state index contributed by atoms with van der Waals surface area (Å²) in [6.45, 7) is 4.88. The number of amides is 2. The topological polar surface area (TPSA) is 96.3 Å². The molecule has 0 aliphatic heterocycles. The van der Waals surface area contributed by atoms with Crippen molar-refractivity contribution in [2.45, 2.75) is 27.2 Å². The van der Waals surface area contributed by atoms with Crippen molar-refractivity contribution in [1.82, 2.24) is 20.6 Å². The Morgan fingerprint density at radius 1 is 1.26 bits per heavy atom. The molecule has 2 N–H and O–H groups in total. The number of rotatable bonds is 2. The van der Waals surface area contributed by atoms with Gasteiger partial charge >= 0.3 is 0 Å². The normalized spacial score (nSPS) is 11.4. The molecule has 0 atom stereocenters. The second-order valence-corrected chi connectivity index (χ2v) is 5.73. The molecule has 120 valence electrons. The van der Waals surface area contributed by atoms with E-state index in [1.165, 1.54) is 6.92 Å². The Kier molecular flexibility index (Phi) is 5.38. The molecule has 0 saturated carbocycles. The molecule has 0 radical (unpaired) electrons. The third kappa shape index (κ3) is 4.56. The van der Waals surface area contributed by atoms with Gasteiger partial charge in [-0.15, -0.1) is 0 Å². The molecular formula is C15H16BrN5O2.